The van der Waals surface area contributed by atoms with Crippen molar-refractivity contribution in [1.82, 2.24) is 4.90 Å². The van der Waals surface area contributed by atoms with Gasteiger partial charge in [0.2, 0.25) is 0 Å². The zero-order valence-electron chi connectivity index (χ0n) is 8.68. The lowest BCUT2D eigenvalue weighted by atomic mass is 10.1. The van der Waals surface area contributed by atoms with E-state index < -0.39 is 0 Å². The van der Waals surface area contributed by atoms with Crippen LogP contribution in [0.25, 0.3) is 0 Å². The van der Waals surface area contributed by atoms with Crippen LogP contribution in [0.5, 0.6) is 0 Å². The van der Waals surface area contributed by atoms with Gasteiger partial charge in [0.15, 0.2) is 0 Å². The van der Waals surface area contributed by atoms with Gasteiger partial charge in [-0.3, -0.25) is 0 Å². The first-order chi connectivity index (χ1) is 5.93. The van der Waals surface area contributed by atoms with Crippen molar-refractivity contribution in [2.45, 2.75) is 39.5 Å². The summed E-state index contributed by atoms with van der Waals surface area (Å²) in [6.07, 6.45) is 5.38. The summed E-state index contributed by atoms with van der Waals surface area (Å²) >= 11 is 0. The van der Waals surface area contributed by atoms with Crippen molar-refractivity contribution in [2.24, 2.45) is 5.73 Å². The van der Waals surface area contributed by atoms with E-state index in [4.69, 9.17) is 5.73 Å². The van der Waals surface area contributed by atoms with Crippen molar-refractivity contribution in [3.63, 3.8) is 0 Å². The zero-order valence-corrected chi connectivity index (χ0v) is 8.68. The third-order valence-electron chi connectivity index (χ3n) is 2.13. The second-order valence-corrected chi connectivity index (χ2v) is 3.04. The van der Waals surface area contributed by atoms with Gasteiger partial charge in [0.05, 0.1) is 0 Å². The largest absolute Gasteiger partial charge is 0.330 e. The summed E-state index contributed by atoms with van der Waals surface area (Å²) < 4.78 is 0. The molecule has 2 N–H and O–H groups in total. The molecule has 1 heterocycles. The number of rotatable bonds is 3. The number of piperidine rings is 1. The summed E-state index contributed by atoms with van der Waals surface area (Å²) in [5, 5.41) is 0. The second-order valence-electron chi connectivity index (χ2n) is 3.04. The van der Waals surface area contributed by atoms with Crippen LogP contribution in [0.3, 0.4) is 0 Å². The normalized spacial score (nSPS) is 18.2. The van der Waals surface area contributed by atoms with Crippen LogP contribution in [-0.2, 0) is 0 Å². The van der Waals surface area contributed by atoms with Crippen molar-refractivity contribution in [3.8, 4) is 0 Å². The van der Waals surface area contributed by atoms with Crippen LogP contribution in [0.15, 0.2) is 0 Å². The van der Waals surface area contributed by atoms with Crippen LogP contribution < -0.4 is 5.73 Å². The fourth-order valence-corrected chi connectivity index (χ4v) is 1.50. The van der Waals surface area contributed by atoms with Gasteiger partial charge in [0, 0.05) is 0 Å². The summed E-state index contributed by atoms with van der Waals surface area (Å²) in [5.41, 5.74) is 5.42. The molecule has 0 aromatic carbocycles. The first-order valence-electron chi connectivity index (χ1n) is 5.36. The highest BCUT2D eigenvalue weighted by Gasteiger charge is 2.07. The Morgan fingerprint density at radius 2 is 1.67 bits per heavy atom. The third-order valence-corrected chi connectivity index (χ3v) is 2.13. The van der Waals surface area contributed by atoms with E-state index in [1.54, 1.807) is 0 Å². The Labute approximate surface area is 77.1 Å². The van der Waals surface area contributed by atoms with Crippen molar-refractivity contribution in [1.29, 1.82) is 0 Å². The number of likely N-dealkylation sites (tertiary alicyclic amines) is 1. The van der Waals surface area contributed by atoms with Gasteiger partial charge in [-0.25, -0.2) is 0 Å². The molecule has 2 nitrogen and oxygen atoms in total. The molecule has 1 aliphatic rings. The molecule has 0 amide bonds. The molecule has 74 valence electrons. The Morgan fingerprint density at radius 3 is 2.17 bits per heavy atom. The average molecular weight is 172 g/mol. The summed E-state index contributed by atoms with van der Waals surface area (Å²) in [4.78, 5) is 2.52. The smallest absolute Gasteiger partial charge is 0.000672 e. The highest BCUT2D eigenvalue weighted by atomic mass is 15.1. The van der Waals surface area contributed by atoms with E-state index in [1.807, 2.05) is 13.8 Å². The molecule has 0 bridgehead atoms. The van der Waals surface area contributed by atoms with Gasteiger partial charge < -0.3 is 10.6 Å². The predicted molar refractivity (Wildman–Crippen MR) is 55.3 cm³/mol. The molecule has 0 saturated carbocycles. The molecular weight excluding hydrogens is 148 g/mol. The third kappa shape index (κ3) is 5.56. The van der Waals surface area contributed by atoms with Crippen molar-refractivity contribution >= 4 is 0 Å². The fourth-order valence-electron chi connectivity index (χ4n) is 1.50. The van der Waals surface area contributed by atoms with E-state index >= 15 is 0 Å². The van der Waals surface area contributed by atoms with E-state index in [2.05, 4.69) is 4.90 Å². The molecule has 0 aliphatic carbocycles. The minimum atomic E-state index is 0.844. The van der Waals surface area contributed by atoms with E-state index in [0.29, 0.717) is 0 Å². The topological polar surface area (TPSA) is 29.3 Å². The van der Waals surface area contributed by atoms with E-state index in [1.165, 1.54) is 45.3 Å². The van der Waals surface area contributed by atoms with Gasteiger partial charge in [-0.15, -0.1) is 0 Å². The van der Waals surface area contributed by atoms with Gasteiger partial charge in [0.25, 0.3) is 0 Å². The maximum absolute atomic E-state index is 5.42. The lowest BCUT2D eigenvalue weighted by Gasteiger charge is -2.25. The fraction of sp³-hybridized carbons (Fsp3) is 1.00. The summed E-state index contributed by atoms with van der Waals surface area (Å²) in [7, 11) is 0. The summed E-state index contributed by atoms with van der Waals surface area (Å²) in [5.74, 6) is 0. The van der Waals surface area contributed by atoms with Gasteiger partial charge in [-0.05, 0) is 45.4 Å². The number of hydrogen-bond donors (Lipinski definition) is 1. The van der Waals surface area contributed by atoms with Crippen LogP contribution in [-0.4, -0.2) is 31.1 Å². The number of nitrogens with two attached hydrogens (primary N) is 1. The quantitative estimate of drug-likeness (QED) is 0.704. The Balaban J connectivity index is 0.000000561. The number of nitrogens with zero attached hydrogens (tertiary/aromatic N) is 1. The average Bonchev–Trinajstić information content (AvgIpc) is 2.19. The Bertz CT molecular complexity index is 77.9. The van der Waals surface area contributed by atoms with Crippen LogP contribution in [0.2, 0.25) is 0 Å². The zero-order chi connectivity index (χ0) is 9.23. The SMILES string of the molecule is CC.NCCCN1CCCCC1. The molecule has 0 radical (unpaired) electrons. The minimum absolute atomic E-state index is 0.844. The molecule has 1 saturated heterocycles. The van der Waals surface area contributed by atoms with Crippen molar-refractivity contribution < 1.29 is 0 Å². The molecule has 0 atom stereocenters. The first-order valence-corrected chi connectivity index (χ1v) is 5.36. The highest BCUT2D eigenvalue weighted by Crippen LogP contribution is 2.07. The van der Waals surface area contributed by atoms with E-state index in [-0.39, 0.29) is 0 Å². The van der Waals surface area contributed by atoms with Gasteiger partial charge in [0.1, 0.15) is 0 Å². The molecular formula is C10H24N2. The highest BCUT2D eigenvalue weighted by molar-refractivity contribution is 4.63. The maximum Gasteiger partial charge on any atom is -0.000672 e. The lowest BCUT2D eigenvalue weighted by Crippen LogP contribution is -2.31. The molecule has 0 aromatic heterocycles. The molecule has 12 heavy (non-hydrogen) atoms. The van der Waals surface area contributed by atoms with Gasteiger partial charge >= 0.3 is 0 Å². The maximum atomic E-state index is 5.42. The summed E-state index contributed by atoms with van der Waals surface area (Å²) in [6, 6.07) is 0. The lowest BCUT2D eigenvalue weighted by molar-refractivity contribution is 0.227. The molecule has 0 spiro atoms. The van der Waals surface area contributed by atoms with Crippen LogP contribution in [0.4, 0.5) is 0 Å². The Kier molecular flexibility index (Phi) is 8.95. The molecule has 1 aliphatic heterocycles. The molecule has 1 fully saturated rings. The molecule has 0 unspecified atom stereocenters. The van der Waals surface area contributed by atoms with E-state index in [9.17, 15) is 0 Å². The first kappa shape index (κ1) is 11.9. The summed E-state index contributed by atoms with van der Waals surface area (Å²) in [6.45, 7) is 8.67. The minimum Gasteiger partial charge on any atom is -0.330 e. The van der Waals surface area contributed by atoms with Gasteiger partial charge in [-0.1, -0.05) is 20.3 Å². The standard InChI is InChI=1S/C8H18N2.C2H6/c9-5-4-8-10-6-2-1-3-7-10;1-2/h1-9H2;1-2H3. The van der Waals surface area contributed by atoms with Gasteiger partial charge in [-0.2, -0.15) is 0 Å². The second kappa shape index (κ2) is 9.01. The van der Waals surface area contributed by atoms with E-state index in [0.717, 1.165) is 6.54 Å². The van der Waals surface area contributed by atoms with Crippen LogP contribution in [0, 0.1) is 0 Å². The monoisotopic (exact) mass is 172 g/mol. The number of hydrogen-bond acceptors (Lipinski definition) is 2. The molecule has 0 aromatic rings. The molecule has 1 rings (SSSR count). The van der Waals surface area contributed by atoms with Crippen molar-refractivity contribution in [2.75, 3.05) is 26.2 Å². The van der Waals surface area contributed by atoms with Crippen LogP contribution in [0.1, 0.15) is 39.5 Å². The van der Waals surface area contributed by atoms with Crippen LogP contribution >= 0.6 is 0 Å². The molecule has 2 heteroatoms. The Morgan fingerprint density at radius 1 is 1.08 bits per heavy atom. The van der Waals surface area contributed by atoms with Crippen molar-refractivity contribution in [3.05, 3.63) is 0 Å². The Hall–Kier alpha value is -0.0800. The predicted octanol–water partition coefficient (Wildman–Crippen LogP) is 1.85.